The molecule has 0 saturated carbocycles. The Kier molecular flexibility index (Phi) is 7.29. The summed E-state index contributed by atoms with van der Waals surface area (Å²) in [5.74, 6) is 1.21. The zero-order valence-corrected chi connectivity index (χ0v) is 16.3. The first kappa shape index (κ1) is 19.7. The van der Waals surface area contributed by atoms with Crippen LogP contribution in [0, 0.1) is 0 Å². The second-order valence-corrected chi connectivity index (χ2v) is 6.85. The van der Waals surface area contributed by atoms with Gasteiger partial charge in [-0.15, -0.1) is 10.2 Å². The Balaban J connectivity index is 1.36. The molecule has 0 radical (unpaired) electrons. The van der Waals surface area contributed by atoms with Crippen LogP contribution in [0.1, 0.15) is 42.3 Å². The van der Waals surface area contributed by atoms with Gasteiger partial charge in [0.25, 0.3) is 0 Å². The van der Waals surface area contributed by atoms with E-state index in [-0.39, 0.29) is 5.91 Å². The zero-order chi connectivity index (χ0) is 19.6. The van der Waals surface area contributed by atoms with Gasteiger partial charge in [0.05, 0.1) is 12.2 Å². The molecule has 0 atom stereocenters. The first-order valence-electron chi connectivity index (χ1n) is 9.70. The number of aromatic nitrogens is 3. The lowest BCUT2D eigenvalue weighted by Crippen LogP contribution is -2.26. The van der Waals surface area contributed by atoms with Crippen molar-refractivity contribution in [3.8, 4) is 0 Å². The van der Waals surface area contributed by atoms with Crippen molar-refractivity contribution in [1.29, 1.82) is 0 Å². The van der Waals surface area contributed by atoms with Crippen molar-refractivity contribution < 1.29 is 9.21 Å². The smallest absolute Gasteiger partial charge is 0.223 e. The van der Waals surface area contributed by atoms with Crippen molar-refractivity contribution in [1.82, 2.24) is 20.1 Å². The SMILES string of the molecule is CN(Cc1ccccn1)C(=O)CCc1nnc(CCCCc2ccccc2)o1. The number of amides is 1. The molecule has 0 N–H and O–H groups in total. The number of carbonyl (C=O) groups excluding carboxylic acids is 1. The van der Waals surface area contributed by atoms with Gasteiger partial charge in [-0.25, -0.2) is 0 Å². The van der Waals surface area contributed by atoms with E-state index in [4.69, 9.17) is 4.42 Å². The number of nitrogens with zero attached hydrogens (tertiary/aromatic N) is 4. The Bertz CT molecular complexity index is 849. The lowest BCUT2D eigenvalue weighted by Gasteiger charge is -2.16. The van der Waals surface area contributed by atoms with Crippen molar-refractivity contribution in [3.05, 3.63) is 77.8 Å². The summed E-state index contributed by atoms with van der Waals surface area (Å²) in [5.41, 5.74) is 2.22. The maximum atomic E-state index is 12.3. The summed E-state index contributed by atoms with van der Waals surface area (Å²) >= 11 is 0. The third-order valence-electron chi connectivity index (χ3n) is 4.56. The molecule has 2 aromatic heterocycles. The summed E-state index contributed by atoms with van der Waals surface area (Å²) in [4.78, 5) is 18.2. The number of hydrogen-bond donors (Lipinski definition) is 0. The maximum Gasteiger partial charge on any atom is 0.223 e. The Labute approximate surface area is 165 Å². The molecule has 146 valence electrons. The van der Waals surface area contributed by atoms with E-state index in [9.17, 15) is 4.79 Å². The molecule has 0 bridgehead atoms. The lowest BCUT2D eigenvalue weighted by atomic mass is 10.1. The van der Waals surface area contributed by atoms with Gasteiger partial charge in [0, 0.05) is 32.5 Å². The van der Waals surface area contributed by atoms with E-state index in [1.807, 2.05) is 24.3 Å². The number of pyridine rings is 1. The van der Waals surface area contributed by atoms with Crippen LogP contribution in [0.25, 0.3) is 0 Å². The molecule has 1 aromatic carbocycles. The van der Waals surface area contributed by atoms with Gasteiger partial charge < -0.3 is 9.32 Å². The molecule has 3 aromatic rings. The highest BCUT2D eigenvalue weighted by Gasteiger charge is 2.13. The molecule has 6 nitrogen and oxygen atoms in total. The van der Waals surface area contributed by atoms with Crippen LogP contribution in [0.5, 0.6) is 0 Å². The van der Waals surface area contributed by atoms with E-state index in [0.717, 1.165) is 31.4 Å². The summed E-state index contributed by atoms with van der Waals surface area (Å²) in [5, 5.41) is 8.17. The molecular weight excluding hydrogens is 352 g/mol. The van der Waals surface area contributed by atoms with Crippen molar-refractivity contribution in [3.63, 3.8) is 0 Å². The van der Waals surface area contributed by atoms with Crippen LogP contribution in [-0.2, 0) is 30.6 Å². The number of aryl methyl sites for hydroxylation is 3. The first-order chi connectivity index (χ1) is 13.7. The average Bonchev–Trinajstić information content (AvgIpc) is 3.19. The molecule has 2 heterocycles. The van der Waals surface area contributed by atoms with Crippen LogP contribution in [-0.4, -0.2) is 33.0 Å². The zero-order valence-electron chi connectivity index (χ0n) is 16.3. The highest BCUT2D eigenvalue weighted by molar-refractivity contribution is 5.75. The number of hydrogen-bond acceptors (Lipinski definition) is 5. The summed E-state index contributed by atoms with van der Waals surface area (Å²) in [6.07, 6.45) is 6.45. The van der Waals surface area contributed by atoms with Crippen molar-refractivity contribution in [2.75, 3.05) is 7.05 Å². The molecule has 0 unspecified atom stereocenters. The normalized spacial score (nSPS) is 10.8. The van der Waals surface area contributed by atoms with Gasteiger partial charge in [-0.3, -0.25) is 9.78 Å². The van der Waals surface area contributed by atoms with Gasteiger partial charge >= 0.3 is 0 Å². The van der Waals surface area contributed by atoms with Crippen LogP contribution in [0.2, 0.25) is 0 Å². The molecule has 3 rings (SSSR count). The summed E-state index contributed by atoms with van der Waals surface area (Å²) in [7, 11) is 1.78. The number of unbranched alkanes of at least 4 members (excludes halogenated alkanes) is 1. The molecule has 6 heteroatoms. The molecule has 0 fully saturated rings. The van der Waals surface area contributed by atoms with Gasteiger partial charge in [0.1, 0.15) is 0 Å². The van der Waals surface area contributed by atoms with E-state index in [1.54, 1.807) is 18.1 Å². The van der Waals surface area contributed by atoms with Crippen LogP contribution in [0.15, 0.2) is 59.1 Å². The van der Waals surface area contributed by atoms with Crippen LogP contribution >= 0.6 is 0 Å². The standard InChI is InChI=1S/C22H26N4O2/c1-26(17-19-12-7-8-16-23-19)22(27)15-14-21-25-24-20(28-21)13-6-5-11-18-9-3-2-4-10-18/h2-4,7-10,12,16H,5-6,11,13-15,17H2,1H3. The van der Waals surface area contributed by atoms with E-state index >= 15 is 0 Å². The topological polar surface area (TPSA) is 72.1 Å². The average molecular weight is 378 g/mol. The molecule has 0 saturated heterocycles. The highest BCUT2D eigenvalue weighted by atomic mass is 16.4. The number of benzene rings is 1. The summed E-state index contributed by atoms with van der Waals surface area (Å²) < 4.78 is 5.68. The third-order valence-corrected chi connectivity index (χ3v) is 4.56. The minimum atomic E-state index is 0.0354. The van der Waals surface area contributed by atoms with E-state index in [2.05, 4.69) is 39.4 Å². The molecule has 1 amide bonds. The molecule has 28 heavy (non-hydrogen) atoms. The van der Waals surface area contributed by atoms with Crippen LogP contribution in [0.3, 0.4) is 0 Å². The first-order valence-corrected chi connectivity index (χ1v) is 9.70. The van der Waals surface area contributed by atoms with Gasteiger partial charge in [-0.05, 0) is 37.0 Å². The Hall–Kier alpha value is -3.02. The Morgan fingerprint density at radius 1 is 0.929 bits per heavy atom. The Morgan fingerprint density at radius 2 is 1.64 bits per heavy atom. The molecule has 0 aliphatic rings. The predicted octanol–water partition coefficient (Wildman–Crippen LogP) is 3.62. The molecular formula is C22H26N4O2. The van der Waals surface area contributed by atoms with Crippen molar-refractivity contribution in [2.24, 2.45) is 0 Å². The van der Waals surface area contributed by atoms with Crippen molar-refractivity contribution >= 4 is 5.91 Å². The fraction of sp³-hybridized carbons (Fsp3) is 0.364. The maximum absolute atomic E-state index is 12.3. The lowest BCUT2D eigenvalue weighted by molar-refractivity contribution is -0.130. The largest absolute Gasteiger partial charge is 0.425 e. The third kappa shape index (κ3) is 6.30. The number of rotatable bonds is 10. The summed E-state index contributed by atoms with van der Waals surface area (Å²) in [6.45, 7) is 0.496. The fourth-order valence-corrected chi connectivity index (χ4v) is 2.97. The monoisotopic (exact) mass is 378 g/mol. The minimum Gasteiger partial charge on any atom is -0.425 e. The second kappa shape index (κ2) is 10.3. The van der Waals surface area contributed by atoms with Gasteiger partial charge in [0.2, 0.25) is 17.7 Å². The predicted molar refractivity (Wildman–Crippen MR) is 106 cm³/mol. The molecule has 0 aliphatic heterocycles. The van der Waals surface area contributed by atoms with Crippen LogP contribution < -0.4 is 0 Å². The van der Waals surface area contributed by atoms with E-state index in [0.29, 0.717) is 31.2 Å². The quantitative estimate of drug-likeness (QED) is 0.504. The minimum absolute atomic E-state index is 0.0354. The second-order valence-electron chi connectivity index (χ2n) is 6.85. The fourth-order valence-electron chi connectivity index (χ4n) is 2.97. The van der Waals surface area contributed by atoms with Gasteiger partial charge in [0.15, 0.2) is 0 Å². The Morgan fingerprint density at radius 3 is 2.39 bits per heavy atom. The van der Waals surface area contributed by atoms with Crippen LogP contribution in [0.4, 0.5) is 0 Å². The van der Waals surface area contributed by atoms with Gasteiger partial charge in [-0.2, -0.15) is 0 Å². The van der Waals surface area contributed by atoms with Gasteiger partial charge in [-0.1, -0.05) is 36.4 Å². The van der Waals surface area contributed by atoms with E-state index < -0.39 is 0 Å². The molecule has 0 spiro atoms. The number of carbonyl (C=O) groups is 1. The van der Waals surface area contributed by atoms with Crippen molar-refractivity contribution in [2.45, 2.75) is 45.1 Å². The van der Waals surface area contributed by atoms with E-state index in [1.165, 1.54) is 5.56 Å². The summed E-state index contributed by atoms with van der Waals surface area (Å²) in [6, 6.07) is 16.1. The highest BCUT2D eigenvalue weighted by Crippen LogP contribution is 2.10. The molecule has 0 aliphatic carbocycles.